The van der Waals surface area contributed by atoms with Gasteiger partial charge in [-0.2, -0.15) is 0 Å². The molecule has 0 aliphatic rings. The van der Waals surface area contributed by atoms with Gasteiger partial charge in [-0.05, 0) is 85.1 Å². The highest BCUT2D eigenvalue weighted by Gasteiger charge is 2.41. The van der Waals surface area contributed by atoms with Crippen molar-refractivity contribution in [2.75, 3.05) is 18.5 Å². The molecule has 0 amide bonds. The molecule has 0 unspecified atom stereocenters. The Bertz CT molecular complexity index is 1080. The first-order chi connectivity index (χ1) is 17.2. The number of hydrogen-bond donors (Lipinski definition) is 2. The Morgan fingerprint density at radius 1 is 1.06 bits per heavy atom. The Hall–Kier alpha value is -2.39. The third-order valence-corrected chi connectivity index (χ3v) is 10.1. The normalized spacial score (nSPS) is 13.2. The summed E-state index contributed by atoms with van der Waals surface area (Å²) in [4.78, 5) is 17.7. The zero-order valence-electron chi connectivity index (χ0n) is 21.2. The number of aromatic nitrogens is 1. The van der Waals surface area contributed by atoms with E-state index in [0.29, 0.717) is 17.0 Å². The number of ether oxygens (including phenoxy) is 1. The Morgan fingerprint density at radius 2 is 1.64 bits per heavy atom. The lowest BCUT2D eigenvalue weighted by atomic mass is 10.2. The summed E-state index contributed by atoms with van der Waals surface area (Å²) in [6, 6.07) is 24.9. The number of pyridine rings is 1. The van der Waals surface area contributed by atoms with E-state index in [0.717, 1.165) is 12.0 Å². The maximum Gasteiger partial charge on any atom is 0.329 e. The lowest BCUT2D eigenvalue weighted by Crippen LogP contribution is -2.28. The third kappa shape index (κ3) is 7.09. The van der Waals surface area contributed by atoms with Crippen LogP contribution in [0.25, 0.3) is 0 Å². The molecule has 0 aliphatic heterocycles. The van der Waals surface area contributed by atoms with Crippen LogP contribution in [-0.4, -0.2) is 40.1 Å². The van der Waals surface area contributed by atoms with Crippen molar-refractivity contribution in [3.8, 4) is 0 Å². The van der Waals surface area contributed by atoms with Crippen LogP contribution in [0.4, 0.5) is 5.82 Å². The van der Waals surface area contributed by atoms with Gasteiger partial charge in [-0.15, -0.1) is 0 Å². The predicted octanol–water partition coefficient (Wildman–Crippen LogP) is 7.29. The smallest absolute Gasteiger partial charge is 0.329 e. The van der Waals surface area contributed by atoms with E-state index in [1.54, 1.807) is 0 Å². The molecule has 0 bridgehead atoms. The second-order valence-corrected chi connectivity index (χ2v) is 13.7. The fourth-order valence-electron chi connectivity index (χ4n) is 4.00. The van der Waals surface area contributed by atoms with Crippen molar-refractivity contribution in [3.05, 3.63) is 83.0 Å². The highest BCUT2D eigenvalue weighted by Crippen LogP contribution is 2.71. The van der Waals surface area contributed by atoms with E-state index in [2.05, 4.69) is 95.5 Å². The van der Waals surface area contributed by atoms with Crippen LogP contribution in [0.2, 0.25) is 0 Å². The van der Waals surface area contributed by atoms with Crippen molar-refractivity contribution < 1.29 is 18.8 Å². The topological polar surface area (TPSA) is 80.7 Å². The maximum absolute atomic E-state index is 10.8. The fourth-order valence-corrected chi connectivity index (χ4v) is 8.19. The molecule has 3 rings (SSSR count). The minimum absolute atomic E-state index is 0.0622. The number of halogens is 1. The summed E-state index contributed by atoms with van der Waals surface area (Å²) in [7, 11) is -1.87. The minimum Gasteiger partial charge on any atom is -0.480 e. The summed E-state index contributed by atoms with van der Waals surface area (Å²) in [5, 5.41) is 12.2. The first-order valence-corrected chi connectivity index (χ1v) is 14.3. The number of nitrogens with zero attached hydrogens (tertiary/aromatic N) is 1. The van der Waals surface area contributed by atoms with Crippen LogP contribution in [0, 0.1) is 0 Å². The van der Waals surface area contributed by atoms with Crippen molar-refractivity contribution in [1.29, 1.82) is 0 Å². The maximum atomic E-state index is 10.8. The van der Waals surface area contributed by atoms with Gasteiger partial charge in [0.1, 0.15) is 17.0 Å². The van der Waals surface area contributed by atoms with Crippen molar-refractivity contribution in [3.63, 3.8) is 0 Å². The highest BCUT2D eigenvalue weighted by atomic mass is 79.9. The second-order valence-electron chi connectivity index (χ2n) is 9.40. The number of rotatable bonds is 12. The molecule has 0 spiro atoms. The van der Waals surface area contributed by atoms with Crippen LogP contribution < -0.4 is 5.32 Å². The van der Waals surface area contributed by atoms with Crippen LogP contribution in [0.3, 0.4) is 0 Å². The molecule has 0 aliphatic carbocycles. The molecule has 194 valence electrons. The minimum atomic E-state index is -1.87. The van der Waals surface area contributed by atoms with Crippen LogP contribution in [0.5, 0.6) is 0 Å². The molecule has 6 nitrogen and oxygen atoms in total. The molecular formula is C28H35BrN2O4S. The summed E-state index contributed by atoms with van der Waals surface area (Å²) < 4.78 is 12.8. The molecule has 0 radical (unpaired) electrons. The molecule has 2 N–H and O–H groups in total. The van der Waals surface area contributed by atoms with Gasteiger partial charge in [0.05, 0.1) is 19.3 Å². The zero-order valence-corrected chi connectivity index (χ0v) is 23.6. The number of anilines is 1. The van der Waals surface area contributed by atoms with Gasteiger partial charge in [-0.25, -0.2) is 9.78 Å². The summed E-state index contributed by atoms with van der Waals surface area (Å²) in [5.41, 5.74) is 0.980. The second kappa shape index (κ2) is 12.7. The number of nitrogens with one attached hydrogen (secondary N) is 1. The molecule has 1 aromatic heterocycles. The molecule has 0 fully saturated rings. The quantitative estimate of drug-likeness (QED) is 0.221. The van der Waals surface area contributed by atoms with E-state index in [-0.39, 0.29) is 24.0 Å². The van der Waals surface area contributed by atoms with Gasteiger partial charge in [0, 0.05) is 14.5 Å². The number of benzene rings is 2. The van der Waals surface area contributed by atoms with Gasteiger partial charge in [-0.3, -0.25) is 0 Å². The number of aliphatic carboxylic acids is 1. The summed E-state index contributed by atoms with van der Waals surface area (Å²) in [6.07, 6.45) is 0.763. The standard InChI is InChI=1S/C28H35BrN2O4S/c1-5-22(19-34-20-27(32)33)30-26-17-21(16-25(29)31-26)18-35-36(28(2,3)4,23-12-8-6-9-13-23)24-14-10-7-11-15-24/h6-17,22H,5,18-20H2,1-4H3,(H,30,31)(H,32,33)/t22-/m0/s1. The molecule has 36 heavy (non-hydrogen) atoms. The van der Waals surface area contributed by atoms with Crippen LogP contribution in [0.15, 0.2) is 87.2 Å². The predicted molar refractivity (Wildman–Crippen MR) is 150 cm³/mol. The first-order valence-electron chi connectivity index (χ1n) is 12.0. The number of carboxylic acids is 1. The van der Waals surface area contributed by atoms with E-state index >= 15 is 0 Å². The van der Waals surface area contributed by atoms with Crippen molar-refractivity contribution in [1.82, 2.24) is 4.98 Å². The van der Waals surface area contributed by atoms with Crippen LogP contribution in [-0.2, 0) is 20.3 Å². The van der Waals surface area contributed by atoms with Gasteiger partial charge in [0.15, 0.2) is 0 Å². The monoisotopic (exact) mass is 574 g/mol. The van der Waals surface area contributed by atoms with Crippen molar-refractivity contribution in [2.24, 2.45) is 0 Å². The average Bonchev–Trinajstić information content (AvgIpc) is 2.84. The summed E-state index contributed by atoms with van der Waals surface area (Å²) >= 11 is 3.54. The average molecular weight is 576 g/mol. The van der Waals surface area contributed by atoms with E-state index in [1.165, 1.54) is 9.79 Å². The lowest BCUT2D eigenvalue weighted by molar-refractivity contribution is -0.142. The Labute approximate surface area is 224 Å². The molecule has 1 heterocycles. The van der Waals surface area contributed by atoms with Crippen molar-refractivity contribution >= 4 is 38.0 Å². The fraction of sp³-hybridized carbons (Fsp3) is 0.357. The molecule has 0 saturated carbocycles. The number of carboxylic acid groups (broad SMARTS) is 1. The zero-order chi connectivity index (χ0) is 26.2. The number of carbonyl (C=O) groups is 1. The van der Waals surface area contributed by atoms with E-state index in [4.69, 9.17) is 14.0 Å². The molecule has 8 heteroatoms. The van der Waals surface area contributed by atoms with Gasteiger partial charge in [-0.1, -0.05) is 53.6 Å². The lowest BCUT2D eigenvalue weighted by Gasteiger charge is -2.50. The van der Waals surface area contributed by atoms with Gasteiger partial charge < -0.3 is 19.3 Å². The van der Waals surface area contributed by atoms with Gasteiger partial charge in [0.25, 0.3) is 0 Å². The molecule has 3 aromatic rings. The van der Waals surface area contributed by atoms with E-state index < -0.39 is 16.3 Å². The van der Waals surface area contributed by atoms with Crippen LogP contribution in [0.1, 0.15) is 39.7 Å². The van der Waals surface area contributed by atoms with E-state index in [1.807, 2.05) is 31.2 Å². The number of hydrogen-bond acceptors (Lipinski definition) is 5. The SMILES string of the molecule is CC[C@@H](COCC(=O)O)Nc1cc(COS(c2ccccc2)(c2ccccc2)C(C)(C)C)cc(Br)n1. The Balaban J connectivity index is 1.90. The molecule has 1 atom stereocenters. The summed E-state index contributed by atoms with van der Waals surface area (Å²) in [5.74, 6) is -0.295. The van der Waals surface area contributed by atoms with Gasteiger partial charge >= 0.3 is 5.97 Å². The molecule has 0 saturated heterocycles. The largest absolute Gasteiger partial charge is 0.480 e. The summed E-state index contributed by atoms with van der Waals surface area (Å²) in [6.45, 7) is 9.09. The van der Waals surface area contributed by atoms with E-state index in [9.17, 15) is 4.79 Å². The third-order valence-electron chi connectivity index (χ3n) is 5.66. The molecular weight excluding hydrogens is 540 g/mol. The highest BCUT2D eigenvalue weighted by molar-refractivity contribution is 9.10. The van der Waals surface area contributed by atoms with Gasteiger partial charge in [0.2, 0.25) is 0 Å². The Morgan fingerprint density at radius 3 is 2.14 bits per heavy atom. The van der Waals surface area contributed by atoms with Crippen molar-refractivity contribution in [2.45, 2.75) is 61.3 Å². The Kier molecular flexibility index (Phi) is 9.96. The molecule has 2 aromatic carbocycles. The first kappa shape index (κ1) is 28.2. The van der Waals surface area contributed by atoms with Crippen LogP contribution >= 0.6 is 26.2 Å².